The van der Waals surface area contributed by atoms with Gasteiger partial charge in [0.2, 0.25) is 10.0 Å². The lowest BCUT2D eigenvalue weighted by atomic mass is 10.2. The van der Waals surface area contributed by atoms with E-state index in [4.69, 9.17) is 14.2 Å². The molecule has 1 aliphatic rings. The Labute approximate surface area is 181 Å². The van der Waals surface area contributed by atoms with Crippen LogP contribution >= 0.6 is 0 Å². The molecule has 31 heavy (non-hydrogen) atoms. The molecule has 0 aromatic heterocycles. The Morgan fingerprint density at radius 2 is 1.68 bits per heavy atom. The largest absolute Gasteiger partial charge is 0.496 e. The Bertz CT molecular complexity index is 1050. The lowest BCUT2D eigenvalue weighted by molar-refractivity contribution is 0.0955. The number of benzene rings is 2. The molecule has 3 rings (SSSR count). The van der Waals surface area contributed by atoms with Crippen molar-refractivity contribution in [2.45, 2.75) is 17.7 Å². The van der Waals surface area contributed by atoms with Crippen LogP contribution in [-0.4, -0.2) is 59.3 Å². The van der Waals surface area contributed by atoms with E-state index in [1.807, 2.05) is 0 Å². The van der Waals surface area contributed by atoms with E-state index < -0.39 is 15.9 Å². The molecule has 0 unspecified atom stereocenters. The van der Waals surface area contributed by atoms with Gasteiger partial charge in [0.05, 0.1) is 38.0 Å². The number of carbonyl (C=O) groups excluding carboxylic acids is 1. The smallest absolute Gasteiger partial charge is 0.271 e. The molecule has 1 N–H and O–H groups in total. The van der Waals surface area contributed by atoms with Crippen LogP contribution in [0.3, 0.4) is 0 Å². The van der Waals surface area contributed by atoms with Gasteiger partial charge in [0, 0.05) is 30.8 Å². The third kappa shape index (κ3) is 4.97. The van der Waals surface area contributed by atoms with Crippen molar-refractivity contribution in [2.75, 3.05) is 34.4 Å². The zero-order valence-electron chi connectivity index (χ0n) is 17.6. The van der Waals surface area contributed by atoms with E-state index >= 15 is 0 Å². The number of rotatable bonds is 8. The Morgan fingerprint density at radius 3 is 2.26 bits per heavy atom. The average molecular weight is 448 g/mol. The molecule has 0 spiro atoms. The molecule has 1 fully saturated rings. The van der Waals surface area contributed by atoms with Crippen LogP contribution in [-0.2, 0) is 10.0 Å². The highest BCUT2D eigenvalue weighted by Gasteiger charge is 2.27. The first-order chi connectivity index (χ1) is 14.9. The number of methoxy groups -OCH3 is 3. The molecule has 0 saturated carbocycles. The van der Waals surface area contributed by atoms with Crippen LogP contribution in [0.25, 0.3) is 0 Å². The number of hydrogen-bond acceptors (Lipinski definition) is 7. The van der Waals surface area contributed by atoms with Crippen molar-refractivity contribution < 1.29 is 27.4 Å². The van der Waals surface area contributed by atoms with Gasteiger partial charge in [-0.3, -0.25) is 4.79 Å². The van der Waals surface area contributed by atoms with Crippen LogP contribution in [0.2, 0.25) is 0 Å². The van der Waals surface area contributed by atoms with Gasteiger partial charge in [-0.1, -0.05) is 6.07 Å². The summed E-state index contributed by atoms with van der Waals surface area (Å²) in [6.07, 6.45) is 3.07. The fourth-order valence-electron chi connectivity index (χ4n) is 3.26. The highest BCUT2D eigenvalue weighted by molar-refractivity contribution is 7.89. The molecule has 1 heterocycles. The molecule has 0 bridgehead atoms. The second-order valence-electron chi connectivity index (χ2n) is 6.78. The molecule has 1 amide bonds. The molecule has 10 heteroatoms. The zero-order chi connectivity index (χ0) is 22.4. The van der Waals surface area contributed by atoms with Gasteiger partial charge in [-0.2, -0.15) is 9.41 Å². The summed E-state index contributed by atoms with van der Waals surface area (Å²) in [4.78, 5) is 12.6. The van der Waals surface area contributed by atoms with E-state index in [0.717, 1.165) is 12.8 Å². The Morgan fingerprint density at radius 1 is 1.03 bits per heavy atom. The SMILES string of the molecule is COc1cc(OC)c(C=NNC(=O)c2cccc(S(=O)(=O)N3CCCC3)c2)c(OC)c1. The quantitative estimate of drug-likeness (QED) is 0.491. The third-order valence-corrected chi connectivity index (χ3v) is 6.81. The van der Waals surface area contributed by atoms with Crippen molar-refractivity contribution in [1.82, 2.24) is 9.73 Å². The molecule has 1 saturated heterocycles. The minimum absolute atomic E-state index is 0.0875. The number of nitrogens with zero attached hydrogens (tertiary/aromatic N) is 2. The third-order valence-electron chi connectivity index (χ3n) is 4.91. The van der Waals surface area contributed by atoms with Gasteiger partial charge in [-0.05, 0) is 31.0 Å². The number of hydrogen-bond donors (Lipinski definition) is 1. The fourth-order valence-corrected chi connectivity index (χ4v) is 4.82. The second-order valence-corrected chi connectivity index (χ2v) is 8.72. The van der Waals surface area contributed by atoms with Crippen LogP contribution in [0.1, 0.15) is 28.8 Å². The minimum atomic E-state index is -3.61. The summed E-state index contributed by atoms with van der Waals surface area (Å²) in [6, 6.07) is 9.24. The summed E-state index contributed by atoms with van der Waals surface area (Å²) in [5, 5.41) is 3.97. The first kappa shape index (κ1) is 22.6. The van der Waals surface area contributed by atoms with Crippen LogP contribution in [0.5, 0.6) is 17.2 Å². The van der Waals surface area contributed by atoms with Crippen molar-refractivity contribution in [1.29, 1.82) is 0 Å². The summed E-state index contributed by atoms with van der Waals surface area (Å²) in [5.74, 6) is 0.910. The standard InChI is InChI=1S/C21H25N3O6S/c1-28-16-12-19(29-2)18(20(13-16)30-3)14-22-23-21(25)15-7-6-8-17(11-15)31(26,27)24-9-4-5-10-24/h6-8,11-14H,4-5,9-10H2,1-3H3,(H,23,25). The van der Waals surface area contributed by atoms with Gasteiger partial charge in [0.25, 0.3) is 5.91 Å². The van der Waals surface area contributed by atoms with Crippen molar-refractivity contribution in [3.63, 3.8) is 0 Å². The van der Waals surface area contributed by atoms with Gasteiger partial charge in [0.1, 0.15) is 17.2 Å². The molecule has 166 valence electrons. The van der Waals surface area contributed by atoms with E-state index in [0.29, 0.717) is 35.9 Å². The molecule has 0 atom stereocenters. The average Bonchev–Trinajstić information content (AvgIpc) is 3.34. The molecule has 0 aliphatic carbocycles. The normalized spacial score (nSPS) is 14.5. The van der Waals surface area contributed by atoms with E-state index in [9.17, 15) is 13.2 Å². The number of sulfonamides is 1. The number of hydrazone groups is 1. The topological polar surface area (TPSA) is 107 Å². The number of carbonyl (C=O) groups is 1. The maximum atomic E-state index is 12.7. The first-order valence-electron chi connectivity index (χ1n) is 9.64. The summed E-state index contributed by atoms with van der Waals surface area (Å²) in [7, 11) is 0.908. The van der Waals surface area contributed by atoms with Gasteiger partial charge in [0.15, 0.2) is 0 Å². The monoisotopic (exact) mass is 447 g/mol. The van der Waals surface area contributed by atoms with Crippen molar-refractivity contribution in [3.8, 4) is 17.2 Å². The van der Waals surface area contributed by atoms with Crippen LogP contribution < -0.4 is 19.6 Å². The Kier molecular flexibility index (Phi) is 7.13. The molecule has 1 aliphatic heterocycles. The predicted octanol–water partition coefficient (Wildman–Crippen LogP) is 2.26. The summed E-state index contributed by atoms with van der Waals surface area (Å²) < 4.78 is 42.8. The second kappa shape index (κ2) is 9.80. The lowest BCUT2D eigenvalue weighted by Crippen LogP contribution is -2.28. The highest BCUT2D eigenvalue weighted by atomic mass is 32.2. The Hall–Kier alpha value is -3.11. The van der Waals surface area contributed by atoms with Crippen LogP contribution in [0.4, 0.5) is 0 Å². The number of nitrogens with one attached hydrogen (secondary N) is 1. The molecule has 2 aromatic rings. The van der Waals surface area contributed by atoms with E-state index in [-0.39, 0.29) is 10.5 Å². The molecular weight excluding hydrogens is 422 g/mol. The Balaban J connectivity index is 1.78. The fraction of sp³-hybridized carbons (Fsp3) is 0.333. The summed E-state index contributed by atoms with van der Waals surface area (Å²) >= 11 is 0. The van der Waals surface area contributed by atoms with Gasteiger partial charge >= 0.3 is 0 Å². The van der Waals surface area contributed by atoms with E-state index in [2.05, 4.69) is 10.5 Å². The van der Waals surface area contributed by atoms with Crippen molar-refractivity contribution in [3.05, 3.63) is 47.5 Å². The maximum absolute atomic E-state index is 12.7. The maximum Gasteiger partial charge on any atom is 0.271 e. The van der Waals surface area contributed by atoms with E-state index in [1.54, 1.807) is 12.1 Å². The molecule has 0 radical (unpaired) electrons. The first-order valence-corrected chi connectivity index (χ1v) is 11.1. The minimum Gasteiger partial charge on any atom is -0.496 e. The van der Waals surface area contributed by atoms with Crippen molar-refractivity contribution >= 4 is 22.1 Å². The predicted molar refractivity (Wildman–Crippen MR) is 116 cm³/mol. The summed E-state index contributed by atoms with van der Waals surface area (Å²) in [6.45, 7) is 0.989. The summed E-state index contributed by atoms with van der Waals surface area (Å²) in [5.41, 5.74) is 3.10. The van der Waals surface area contributed by atoms with Gasteiger partial charge in [-0.15, -0.1) is 0 Å². The van der Waals surface area contributed by atoms with E-state index in [1.165, 1.54) is 56.1 Å². The van der Waals surface area contributed by atoms with Crippen LogP contribution in [0, 0.1) is 0 Å². The highest BCUT2D eigenvalue weighted by Crippen LogP contribution is 2.32. The molecule has 9 nitrogen and oxygen atoms in total. The number of amides is 1. The zero-order valence-corrected chi connectivity index (χ0v) is 18.4. The molecular formula is C21H25N3O6S. The lowest BCUT2D eigenvalue weighted by Gasteiger charge is -2.15. The molecule has 2 aromatic carbocycles. The van der Waals surface area contributed by atoms with Gasteiger partial charge in [-0.25, -0.2) is 13.8 Å². The number of ether oxygens (including phenoxy) is 3. The van der Waals surface area contributed by atoms with Crippen LogP contribution in [0.15, 0.2) is 46.4 Å². The van der Waals surface area contributed by atoms with Crippen molar-refractivity contribution in [2.24, 2.45) is 5.10 Å². The van der Waals surface area contributed by atoms with Gasteiger partial charge < -0.3 is 14.2 Å².